The number of carbonyl (C=O) groups is 1. The van der Waals surface area contributed by atoms with Crippen LogP contribution in [0.3, 0.4) is 0 Å². The van der Waals surface area contributed by atoms with Gasteiger partial charge in [0.15, 0.2) is 0 Å². The monoisotopic (exact) mass is 369 g/mol. The minimum atomic E-state index is -0.527. The highest BCUT2D eigenvalue weighted by atomic mass is 16.5. The zero-order valence-electron chi connectivity index (χ0n) is 15.2. The average molecular weight is 369 g/mol. The number of hydrogen-bond acceptors (Lipinski definition) is 4. The quantitative estimate of drug-likeness (QED) is 0.513. The lowest BCUT2D eigenvalue weighted by Gasteiger charge is -2.27. The molecule has 3 aromatic rings. The van der Waals surface area contributed by atoms with Gasteiger partial charge in [-0.25, -0.2) is 5.48 Å². The van der Waals surface area contributed by atoms with Gasteiger partial charge >= 0.3 is 0 Å². The molecule has 1 heterocycles. The van der Waals surface area contributed by atoms with E-state index in [-0.39, 0.29) is 0 Å². The van der Waals surface area contributed by atoms with Gasteiger partial charge in [-0.1, -0.05) is 42.5 Å². The normalized spacial score (nSPS) is 14.8. The topological polar surface area (TPSA) is 64.9 Å². The van der Waals surface area contributed by atoms with E-state index < -0.39 is 5.91 Å². The number of nitrogens with zero attached hydrogens (tertiary/aromatic N) is 2. The van der Waals surface area contributed by atoms with Crippen molar-refractivity contribution in [3.8, 4) is 11.1 Å². The molecule has 1 aliphatic heterocycles. The second-order valence-electron chi connectivity index (χ2n) is 7.07. The fourth-order valence-corrected chi connectivity index (χ4v) is 3.88. The summed E-state index contributed by atoms with van der Waals surface area (Å²) in [7, 11) is 0. The van der Waals surface area contributed by atoms with Crippen molar-refractivity contribution in [2.75, 3.05) is 4.90 Å². The molecule has 1 aliphatic carbocycles. The molecular formula is C23H19N3O2. The maximum absolute atomic E-state index is 12.2. The summed E-state index contributed by atoms with van der Waals surface area (Å²) in [6, 6.07) is 22.1. The van der Waals surface area contributed by atoms with Gasteiger partial charge in [-0.3, -0.25) is 15.0 Å². The van der Waals surface area contributed by atoms with Crippen LogP contribution in [-0.2, 0) is 0 Å². The number of anilines is 2. The van der Waals surface area contributed by atoms with Crippen molar-refractivity contribution in [2.45, 2.75) is 18.9 Å². The second kappa shape index (κ2) is 6.62. The van der Waals surface area contributed by atoms with Gasteiger partial charge in [0, 0.05) is 23.4 Å². The van der Waals surface area contributed by atoms with Gasteiger partial charge in [0.2, 0.25) is 0 Å². The molecule has 0 radical (unpaired) electrons. The summed E-state index contributed by atoms with van der Waals surface area (Å²) >= 11 is 0. The molecule has 0 saturated heterocycles. The summed E-state index contributed by atoms with van der Waals surface area (Å²) < 4.78 is 0. The SMILES string of the molecule is O=C(NO)c1ccccc1-c1cccc2c1C=Nc1ccccc1N2C1CC1. The molecule has 0 bridgehead atoms. The Kier molecular flexibility index (Phi) is 3.95. The van der Waals surface area contributed by atoms with Crippen LogP contribution in [0, 0.1) is 0 Å². The van der Waals surface area contributed by atoms with Gasteiger partial charge < -0.3 is 4.90 Å². The number of para-hydroxylation sites is 2. The van der Waals surface area contributed by atoms with E-state index in [0.29, 0.717) is 11.6 Å². The van der Waals surface area contributed by atoms with Crippen molar-refractivity contribution in [1.82, 2.24) is 5.48 Å². The Morgan fingerprint density at radius 3 is 2.46 bits per heavy atom. The number of hydrogen-bond donors (Lipinski definition) is 2. The predicted octanol–water partition coefficient (Wildman–Crippen LogP) is 4.84. The fourth-order valence-electron chi connectivity index (χ4n) is 3.88. The smallest absolute Gasteiger partial charge is 0.275 e. The number of aliphatic imine (C=N–C) groups is 1. The van der Waals surface area contributed by atoms with Crippen LogP contribution in [-0.4, -0.2) is 23.4 Å². The highest BCUT2D eigenvalue weighted by Crippen LogP contribution is 2.46. The van der Waals surface area contributed by atoms with Gasteiger partial charge in [-0.2, -0.15) is 0 Å². The van der Waals surface area contributed by atoms with Crippen molar-refractivity contribution in [1.29, 1.82) is 0 Å². The molecule has 138 valence electrons. The van der Waals surface area contributed by atoms with E-state index >= 15 is 0 Å². The van der Waals surface area contributed by atoms with Crippen molar-refractivity contribution < 1.29 is 10.0 Å². The van der Waals surface area contributed by atoms with Crippen molar-refractivity contribution in [3.05, 3.63) is 77.9 Å². The lowest BCUT2D eigenvalue weighted by molar-refractivity contribution is 0.0707. The summed E-state index contributed by atoms with van der Waals surface area (Å²) in [5, 5.41) is 9.15. The Balaban J connectivity index is 1.75. The van der Waals surface area contributed by atoms with E-state index in [1.807, 2.05) is 48.7 Å². The molecule has 1 saturated carbocycles. The first-order valence-corrected chi connectivity index (χ1v) is 9.37. The number of amides is 1. The lowest BCUT2D eigenvalue weighted by atomic mass is 9.94. The third-order valence-electron chi connectivity index (χ3n) is 5.29. The number of hydroxylamine groups is 1. The number of carbonyl (C=O) groups excluding carboxylic acids is 1. The van der Waals surface area contributed by atoms with E-state index in [1.54, 1.807) is 17.6 Å². The molecule has 0 atom stereocenters. The standard InChI is InChI=1S/C23H19N3O2/c27-23(25-28)18-7-2-1-6-16(18)17-8-5-11-21-19(17)14-24-20-9-3-4-10-22(20)26(21)15-12-13-15/h1-11,14-15,28H,12-13H2,(H,25,27). The van der Waals surface area contributed by atoms with Crippen LogP contribution in [0.15, 0.2) is 71.7 Å². The Hall–Kier alpha value is -3.44. The highest BCUT2D eigenvalue weighted by molar-refractivity contribution is 6.06. The Morgan fingerprint density at radius 1 is 0.929 bits per heavy atom. The molecule has 1 amide bonds. The summed E-state index contributed by atoms with van der Waals surface area (Å²) in [6.07, 6.45) is 4.20. The molecule has 2 N–H and O–H groups in total. The van der Waals surface area contributed by atoms with Crippen LogP contribution < -0.4 is 10.4 Å². The van der Waals surface area contributed by atoms with E-state index in [4.69, 9.17) is 10.2 Å². The number of fused-ring (bicyclic) bond motifs is 2. The molecule has 0 spiro atoms. The maximum Gasteiger partial charge on any atom is 0.275 e. The Morgan fingerprint density at radius 2 is 1.64 bits per heavy atom. The van der Waals surface area contributed by atoms with E-state index in [1.165, 1.54) is 0 Å². The number of benzene rings is 3. The van der Waals surface area contributed by atoms with Gasteiger partial charge in [-0.05, 0) is 48.2 Å². The fraction of sp³-hybridized carbons (Fsp3) is 0.130. The molecule has 5 rings (SSSR count). The highest BCUT2D eigenvalue weighted by Gasteiger charge is 2.34. The van der Waals surface area contributed by atoms with E-state index in [0.717, 1.165) is 46.6 Å². The third-order valence-corrected chi connectivity index (χ3v) is 5.29. The molecule has 5 heteroatoms. The maximum atomic E-state index is 12.2. The van der Waals surface area contributed by atoms with Crippen LogP contribution in [0.2, 0.25) is 0 Å². The minimum Gasteiger partial charge on any atom is -0.336 e. The first-order chi connectivity index (χ1) is 13.8. The molecule has 3 aromatic carbocycles. The van der Waals surface area contributed by atoms with Gasteiger partial charge in [0.1, 0.15) is 0 Å². The number of nitrogens with one attached hydrogen (secondary N) is 1. The van der Waals surface area contributed by atoms with Gasteiger partial charge in [0.25, 0.3) is 5.91 Å². The van der Waals surface area contributed by atoms with Crippen LogP contribution >= 0.6 is 0 Å². The van der Waals surface area contributed by atoms with Gasteiger partial charge in [-0.15, -0.1) is 0 Å². The van der Waals surface area contributed by atoms with Gasteiger partial charge in [0.05, 0.1) is 17.1 Å². The molecule has 2 aliphatic rings. The average Bonchev–Trinajstić information content (AvgIpc) is 3.58. The summed E-state index contributed by atoms with van der Waals surface area (Å²) in [4.78, 5) is 19.3. The second-order valence-corrected chi connectivity index (χ2v) is 7.07. The molecule has 28 heavy (non-hydrogen) atoms. The van der Waals surface area contributed by atoms with Crippen molar-refractivity contribution in [3.63, 3.8) is 0 Å². The summed E-state index contributed by atoms with van der Waals surface area (Å²) in [5.74, 6) is -0.527. The van der Waals surface area contributed by atoms with E-state index in [2.05, 4.69) is 17.0 Å². The first-order valence-electron chi connectivity index (χ1n) is 9.37. The van der Waals surface area contributed by atoms with Crippen LogP contribution in [0.5, 0.6) is 0 Å². The van der Waals surface area contributed by atoms with Crippen LogP contribution in [0.4, 0.5) is 17.1 Å². The van der Waals surface area contributed by atoms with Crippen molar-refractivity contribution >= 4 is 29.2 Å². The molecule has 5 nitrogen and oxygen atoms in total. The molecule has 0 unspecified atom stereocenters. The summed E-state index contributed by atoms with van der Waals surface area (Å²) in [5.41, 5.74) is 7.97. The number of rotatable bonds is 3. The summed E-state index contributed by atoms with van der Waals surface area (Å²) in [6.45, 7) is 0. The van der Waals surface area contributed by atoms with E-state index in [9.17, 15) is 4.79 Å². The zero-order chi connectivity index (χ0) is 19.1. The van der Waals surface area contributed by atoms with Crippen LogP contribution in [0.1, 0.15) is 28.8 Å². The Bertz CT molecular complexity index is 1100. The third kappa shape index (κ3) is 2.68. The molecule has 1 fully saturated rings. The van der Waals surface area contributed by atoms with Crippen molar-refractivity contribution in [2.24, 2.45) is 4.99 Å². The Labute approximate surface area is 162 Å². The molecular weight excluding hydrogens is 350 g/mol. The largest absolute Gasteiger partial charge is 0.336 e. The minimum absolute atomic E-state index is 0.423. The lowest BCUT2D eigenvalue weighted by Crippen LogP contribution is -2.21. The predicted molar refractivity (Wildman–Crippen MR) is 110 cm³/mol. The first kappa shape index (κ1) is 16.7. The zero-order valence-corrected chi connectivity index (χ0v) is 15.2. The van der Waals surface area contributed by atoms with Crippen LogP contribution in [0.25, 0.3) is 11.1 Å². The molecule has 0 aromatic heterocycles.